The molecule has 0 spiro atoms. The third kappa shape index (κ3) is 2.33. The molecular weight excluding hydrogens is 134 g/mol. The summed E-state index contributed by atoms with van der Waals surface area (Å²) in [5.41, 5.74) is 7.10. The molecule has 0 fully saturated rings. The Morgan fingerprint density at radius 1 is 1.64 bits per heavy atom. The fourth-order valence-electron chi connectivity index (χ4n) is 1.88. The number of rotatable bonds is 2. The molecule has 1 aliphatic carbocycles. The largest absolute Gasteiger partial charge is 0.330 e. The van der Waals surface area contributed by atoms with Gasteiger partial charge in [0.2, 0.25) is 0 Å². The minimum Gasteiger partial charge on any atom is -0.330 e. The standard InChI is InChI=1S/C10H19N/c1-8-3-4-9(2)10(7-8)5-6-11/h3,9-10H,4-7,11H2,1-2H3. The quantitative estimate of drug-likeness (QED) is 0.605. The Morgan fingerprint density at radius 3 is 3.00 bits per heavy atom. The van der Waals surface area contributed by atoms with Gasteiger partial charge < -0.3 is 5.73 Å². The van der Waals surface area contributed by atoms with Crippen LogP contribution in [0.1, 0.15) is 33.1 Å². The highest BCUT2D eigenvalue weighted by atomic mass is 14.5. The van der Waals surface area contributed by atoms with Crippen molar-refractivity contribution in [3.63, 3.8) is 0 Å². The van der Waals surface area contributed by atoms with Crippen LogP contribution in [0.25, 0.3) is 0 Å². The van der Waals surface area contributed by atoms with Crippen LogP contribution in [-0.4, -0.2) is 6.54 Å². The van der Waals surface area contributed by atoms with E-state index in [1.165, 1.54) is 19.3 Å². The van der Waals surface area contributed by atoms with Gasteiger partial charge in [-0.1, -0.05) is 18.6 Å². The van der Waals surface area contributed by atoms with Crippen molar-refractivity contribution >= 4 is 0 Å². The number of hydrogen-bond donors (Lipinski definition) is 1. The Bertz CT molecular complexity index is 149. The van der Waals surface area contributed by atoms with E-state index in [0.717, 1.165) is 18.4 Å². The second-order valence-corrected chi connectivity index (χ2v) is 3.81. The van der Waals surface area contributed by atoms with Gasteiger partial charge in [0.1, 0.15) is 0 Å². The van der Waals surface area contributed by atoms with Gasteiger partial charge in [-0.3, -0.25) is 0 Å². The molecule has 1 aliphatic rings. The average Bonchev–Trinajstić information content (AvgIpc) is 1.98. The molecule has 0 aromatic heterocycles. The van der Waals surface area contributed by atoms with Crippen molar-refractivity contribution in [3.05, 3.63) is 11.6 Å². The molecule has 0 saturated carbocycles. The highest BCUT2D eigenvalue weighted by Crippen LogP contribution is 2.30. The molecule has 1 heteroatoms. The van der Waals surface area contributed by atoms with Crippen LogP contribution in [0.15, 0.2) is 11.6 Å². The molecule has 0 heterocycles. The highest BCUT2D eigenvalue weighted by Gasteiger charge is 2.19. The minimum absolute atomic E-state index is 0.849. The topological polar surface area (TPSA) is 26.0 Å². The van der Waals surface area contributed by atoms with E-state index in [0.29, 0.717) is 0 Å². The minimum atomic E-state index is 0.849. The second kappa shape index (κ2) is 3.91. The number of nitrogens with two attached hydrogens (primary N) is 1. The molecule has 2 N–H and O–H groups in total. The van der Waals surface area contributed by atoms with Gasteiger partial charge in [0, 0.05) is 0 Å². The zero-order valence-corrected chi connectivity index (χ0v) is 7.64. The van der Waals surface area contributed by atoms with Gasteiger partial charge in [0.05, 0.1) is 0 Å². The van der Waals surface area contributed by atoms with E-state index in [1.807, 2.05) is 0 Å². The molecule has 0 bridgehead atoms. The van der Waals surface area contributed by atoms with Gasteiger partial charge in [-0.2, -0.15) is 0 Å². The summed E-state index contributed by atoms with van der Waals surface area (Å²) >= 11 is 0. The zero-order chi connectivity index (χ0) is 8.27. The summed E-state index contributed by atoms with van der Waals surface area (Å²) in [5.74, 6) is 1.70. The zero-order valence-electron chi connectivity index (χ0n) is 7.64. The normalized spacial score (nSPS) is 31.7. The van der Waals surface area contributed by atoms with Gasteiger partial charge in [-0.05, 0) is 44.6 Å². The predicted molar refractivity (Wildman–Crippen MR) is 49.3 cm³/mol. The van der Waals surface area contributed by atoms with E-state index in [4.69, 9.17) is 5.73 Å². The summed E-state index contributed by atoms with van der Waals surface area (Å²) in [5, 5.41) is 0. The first-order valence-corrected chi connectivity index (χ1v) is 4.59. The molecule has 0 aromatic rings. The van der Waals surface area contributed by atoms with Gasteiger partial charge in [-0.25, -0.2) is 0 Å². The van der Waals surface area contributed by atoms with Crippen molar-refractivity contribution in [2.75, 3.05) is 6.54 Å². The van der Waals surface area contributed by atoms with Crippen molar-refractivity contribution in [2.24, 2.45) is 17.6 Å². The third-order valence-corrected chi connectivity index (χ3v) is 2.76. The Kier molecular flexibility index (Phi) is 3.13. The SMILES string of the molecule is CC1=CCC(C)C(CCN)C1. The van der Waals surface area contributed by atoms with E-state index in [1.54, 1.807) is 5.57 Å². The summed E-state index contributed by atoms with van der Waals surface area (Å²) in [7, 11) is 0. The van der Waals surface area contributed by atoms with Crippen LogP contribution < -0.4 is 5.73 Å². The van der Waals surface area contributed by atoms with Gasteiger partial charge in [0.15, 0.2) is 0 Å². The van der Waals surface area contributed by atoms with Crippen molar-refractivity contribution in [2.45, 2.75) is 33.1 Å². The number of allylic oxidation sites excluding steroid dienone is 2. The first kappa shape index (κ1) is 8.79. The second-order valence-electron chi connectivity index (χ2n) is 3.81. The lowest BCUT2D eigenvalue weighted by Crippen LogP contribution is -2.19. The Balaban J connectivity index is 2.46. The first-order valence-electron chi connectivity index (χ1n) is 4.59. The smallest absolute Gasteiger partial charge is 0.00744 e. The van der Waals surface area contributed by atoms with E-state index in [-0.39, 0.29) is 0 Å². The molecule has 2 atom stereocenters. The van der Waals surface area contributed by atoms with Crippen LogP contribution >= 0.6 is 0 Å². The summed E-state index contributed by atoms with van der Waals surface area (Å²) < 4.78 is 0. The maximum Gasteiger partial charge on any atom is -0.00744 e. The van der Waals surface area contributed by atoms with Crippen molar-refractivity contribution < 1.29 is 0 Å². The lowest BCUT2D eigenvalue weighted by atomic mass is 9.79. The van der Waals surface area contributed by atoms with Crippen LogP contribution in [0.2, 0.25) is 0 Å². The molecule has 0 saturated heterocycles. The van der Waals surface area contributed by atoms with Gasteiger partial charge in [-0.15, -0.1) is 0 Å². The van der Waals surface area contributed by atoms with E-state index < -0.39 is 0 Å². The summed E-state index contributed by atoms with van der Waals surface area (Å²) in [6.45, 7) is 5.42. The van der Waals surface area contributed by atoms with Crippen molar-refractivity contribution in [1.82, 2.24) is 0 Å². The summed E-state index contributed by atoms with van der Waals surface area (Å²) in [6.07, 6.45) is 6.11. The van der Waals surface area contributed by atoms with Crippen LogP contribution in [0, 0.1) is 11.8 Å². The first-order chi connectivity index (χ1) is 5.24. The molecule has 0 aromatic carbocycles. The average molecular weight is 153 g/mol. The number of hydrogen-bond acceptors (Lipinski definition) is 1. The van der Waals surface area contributed by atoms with Crippen LogP contribution in [0.3, 0.4) is 0 Å². The monoisotopic (exact) mass is 153 g/mol. The molecule has 0 radical (unpaired) electrons. The molecule has 0 aliphatic heterocycles. The Morgan fingerprint density at radius 2 is 2.36 bits per heavy atom. The highest BCUT2D eigenvalue weighted by molar-refractivity contribution is 5.04. The maximum absolute atomic E-state index is 5.55. The van der Waals surface area contributed by atoms with Crippen LogP contribution in [-0.2, 0) is 0 Å². The lowest BCUT2D eigenvalue weighted by molar-refractivity contribution is 0.324. The molecule has 0 amide bonds. The fraction of sp³-hybridized carbons (Fsp3) is 0.800. The third-order valence-electron chi connectivity index (χ3n) is 2.76. The molecule has 64 valence electrons. The van der Waals surface area contributed by atoms with Crippen molar-refractivity contribution in [1.29, 1.82) is 0 Å². The lowest BCUT2D eigenvalue weighted by Gasteiger charge is -2.27. The van der Waals surface area contributed by atoms with Gasteiger partial charge in [0.25, 0.3) is 0 Å². The molecule has 1 rings (SSSR count). The summed E-state index contributed by atoms with van der Waals surface area (Å²) in [6, 6.07) is 0. The van der Waals surface area contributed by atoms with Crippen molar-refractivity contribution in [3.8, 4) is 0 Å². The van der Waals surface area contributed by atoms with E-state index >= 15 is 0 Å². The molecule has 2 unspecified atom stereocenters. The Hall–Kier alpha value is -0.300. The van der Waals surface area contributed by atoms with Gasteiger partial charge >= 0.3 is 0 Å². The maximum atomic E-state index is 5.55. The Labute approximate surface area is 69.7 Å². The molecule has 11 heavy (non-hydrogen) atoms. The fourth-order valence-corrected chi connectivity index (χ4v) is 1.88. The van der Waals surface area contributed by atoms with Crippen LogP contribution in [0.5, 0.6) is 0 Å². The molecular formula is C10H19N. The summed E-state index contributed by atoms with van der Waals surface area (Å²) in [4.78, 5) is 0. The molecule has 1 nitrogen and oxygen atoms in total. The van der Waals surface area contributed by atoms with E-state index in [9.17, 15) is 0 Å². The predicted octanol–water partition coefficient (Wildman–Crippen LogP) is 2.33. The van der Waals surface area contributed by atoms with Crippen LogP contribution in [0.4, 0.5) is 0 Å². The van der Waals surface area contributed by atoms with E-state index in [2.05, 4.69) is 19.9 Å².